The molecule has 3 aromatic rings. The molecule has 1 saturated heterocycles. The first-order chi connectivity index (χ1) is 16.2. The first-order valence-electron chi connectivity index (χ1n) is 11.5. The molecule has 2 aromatic heterocycles. The van der Waals surface area contributed by atoms with E-state index in [1.54, 1.807) is 20.3 Å². The zero-order valence-corrected chi connectivity index (χ0v) is 19.2. The summed E-state index contributed by atoms with van der Waals surface area (Å²) in [6, 6.07) is 5.60. The quantitative estimate of drug-likeness (QED) is 0.560. The minimum absolute atomic E-state index is 0.0114. The maximum atomic E-state index is 12.8. The number of hydrogen-bond donors (Lipinski definition) is 0. The minimum Gasteiger partial charge on any atom is -0.493 e. The van der Waals surface area contributed by atoms with Gasteiger partial charge in [-0.05, 0) is 49.5 Å². The van der Waals surface area contributed by atoms with Gasteiger partial charge in [0.15, 0.2) is 17.3 Å². The van der Waals surface area contributed by atoms with Crippen molar-refractivity contribution in [2.45, 2.75) is 25.7 Å². The van der Waals surface area contributed by atoms with Gasteiger partial charge >= 0.3 is 0 Å². The van der Waals surface area contributed by atoms with E-state index in [1.807, 2.05) is 46.1 Å². The summed E-state index contributed by atoms with van der Waals surface area (Å²) >= 11 is 0. The van der Waals surface area contributed by atoms with Crippen LogP contribution in [0.1, 0.15) is 29.7 Å². The zero-order valence-electron chi connectivity index (χ0n) is 19.2. The molecule has 1 aliphatic heterocycles. The van der Waals surface area contributed by atoms with Crippen LogP contribution in [-0.4, -0.2) is 65.8 Å². The summed E-state index contributed by atoms with van der Waals surface area (Å²) in [7, 11) is 3.21. The number of methoxy groups -OCH3 is 2. The average molecular weight is 448 g/mol. The molecule has 0 saturated carbocycles. The summed E-state index contributed by atoms with van der Waals surface area (Å²) in [5, 5.41) is 4.79. The molecule has 0 N–H and O–H groups in total. The van der Waals surface area contributed by atoms with Gasteiger partial charge in [0.05, 0.1) is 19.9 Å². The lowest BCUT2D eigenvalue weighted by Crippen LogP contribution is -2.48. The predicted octanol–water partition coefficient (Wildman–Crippen LogP) is 2.99. The second-order valence-electron chi connectivity index (χ2n) is 8.44. The van der Waals surface area contributed by atoms with E-state index in [2.05, 4.69) is 4.90 Å². The highest BCUT2D eigenvalue weighted by atomic mass is 16.5. The largest absolute Gasteiger partial charge is 0.493 e. The van der Waals surface area contributed by atoms with Gasteiger partial charge in [0.1, 0.15) is 5.52 Å². The molecule has 0 unspecified atom stereocenters. The second-order valence-corrected chi connectivity index (χ2v) is 8.44. The third-order valence-electron chi connectivity index (χ3n) is 6.52. The summed E-state index contributed by atoms with van der Waals surface area (Å²) in [5.74, 6) is 2.31. The van der Waals surface area contributed by atoms with Crippen molar-refractivity contribution in [3.05, 3.63) is 53.5 Å². The van der Waals surface area contributed by atoms with Crippen LogP contribution in [0, 0.1) is 0 Å². The van der Waals surface area contributed by atoms with Crippen LogP contribution < -0.4 is 14.4 Å². The molecule has 1 aliphatic carbocycles. The van der Waals surface area contributed by atoms with E-state index in [-0.39, 0.29) is 5.91 Å². The van der Waals surface area contributed by atoms with Gasteiger partial charge in [-0.15, -0.1) is 0 Å². The molecule has 2 aliphatic rings. The van der Waals surface area contributed by atoms with Crippen molar-refractivity contribution >= 4 is 23.3 Å². The van der Waals surface area contributed by atoms with Crippen LogP contribution in [0.2, 0.25) is 0 Å². The summed E-state index contributed by atoms with van der Waals surface area (Å²) in [6.45, 7) is 2.83. The van der Waals surface area contributed by atoms with Gasteiger partial charge in [0.2, 0.25) is 5.91 Å². The number of carbonyl (C=O) groups excluding carboxylic acids is 1. The van der Waals surface area contributed by atoms with Crippen LogP contribution >= 0.6 is 0 Å². The van der Waals surface area contributed by atoms with Gasteiger partial charge in [-0.2, -0.15) is 5.10 Å². The van der Waals surface area contributed by atoms with Gasteiger partial charge in [-0.3, -0.25) is 4.79 Å². The monoisotopic (exact) mass is 447 g/mol. The van der Waals surface area contributed by atoms with Crippen LogP contribution in [0.3, 0.4) is 0 Å². The number of piperazine rings is 1. The van der Waals surface area contributed by atoms with Crippen molar-refractivity contribution in [3.8, 4) is 11.5 Å². The predicted molar refractivity (Wildman–Crippen MR) is 127 cm³/mol. The smallest absolute Gasteiger partial charge is 0.246 e. The maximum Gasteiger partial charge on any atom is 0.246 e. The Morgan fingerprint density at radius 3 is 2.61 bits per heavy atom. The standard InChI is InChI=1S/C25H29N5O3/c1-32-21-9-7-18(17-22(21)33-2)8-10-23(31)28-13-15-29(16-14-28)25-24-19-5-3-4-6-20(19)27-30(24)12-11-26-25/h7-12,17H,3-6,13-16H2,1-2H3. The maximum absolute atomic E-state index is 12.8. The fraction of sp³-hybridized carbons (Fsp3) is 0.400. The number of aryl methyl sites for hydroxylation is 2. The van der Waals surface area contributed by atoms with Gasteiger partial charge in [-0.1, -0.05) is 6.07 Å². The average Bonchev–Trinajstić information content (AvgIpc) is 3.26. The Morgan fingerprint density at radius 2 is 1.82 bits per heavy atom. The Kier molecular flexibility index (Phi) is 5.90. The third kappa shape index (κ3) is 4.13. The molecule has 0 atom stereocenters. The van der Waals surface area contributed by atoms with Crippen molar-refractivity contribution in [1.82, 2.24) is 19.5 Å². The lowest BCUT2D eigenvalue weighted by molar-refractivity contribution is -0.126. The highest BCUT2D eigenvalue weighted by Gasteiger charge is 2.25. The number of aromatic nitrogens is 3. The van der Waals surface area contributed by atoms with E-state index >= 15 is 0 Å². The molecule has 8 nitrogen and oxygen atoms in total. The molecule has 8 heteroatoms. The van der Waals surface area contributed by atoms with E-state index in [0.29, 0.717) is 24.6 Å². The highest BCUT2D eigenvalue weighted by molar-refractivity contribution is 5.92. The van der Waals surface area contributed by atoms with Crippen LogP contribution in [-0.2, 0) is 17.6 Å². The number of carbonyl (C=O) groups is 1. The Balaban J connectivity index is 1.26. The molecule has 1 aromatic carbocycles. The first-order valence-corrected chi connectivity index (χ1v) is 11.5. The summed E-state index contributed by atoms with van der Waals surface area (Å²) in [4.78, 5) is 21.7. The van der Waals surface area contributed by atoms with E-state index in [1.165, 1.54) is 24.1 Å². The number of benzene rings is 1. The molecule has 5 rings (SSSR count). The molecule has 0 bridgehead atoms. The zero-order chi connectivity index (χ0) is 22.8. The van der Waals surface area contributed by atoms with Crippen molar-refractivity contribution < 1.29 is 14.3 Å². The number of fused-ring (bicyclic) bond motifs is 3. The van der Waals surface area contributed by atoms with Crippen molar-refractivity contribution in [2.24, 2.45) is 0 Å². The number of hydrogen-bond acceptors (Lipinski definition) is 6. The fourth-order valence-corrected chi connectivity index (χ4v) is 4.75. The molecule has 0 radical (unpaired) electrons. The number of anilines is 1. The minimum atomic E-state index is 0.0114. The van der Waals surface area contributed by atoms with Crippen LogP contribution in [0.4, 0.5) is 5.82 Å². The lowest BCUT2D eigenvalue weighted by Gasteiger charge is -2.35. The van der Waals surface area contributed by atoms with Crippen LogP contribution in [0.5, 0.6) is 11.5 Å². The number of rotatable bonds is 5. The van der Waals surface area contributed by atoms with Gasteiger partial charge in [0, 0.05) is 50.2 Å². The molecular formula is C25H29N5O3. The molecule has 1 amide bonds. The third-order valence-corrected chi connectivity index (χ3v) is 6.52. The first kappa shape index (κ1) is 21.3. The van der Waals surface area contributed by atoms with Gasteiger partial charge in [-0.25, -0.2) is 9.50 Å². The lowest BCUT2D eigenvalue weighted by atomic mass is 9.97. The number of amides is 1. The van der Waals surface area contributed by atoms with Gasteiger partial charge in [0.25, 0.3) is 0 Å². The SMILES string of the molecule is COc1ccc(C=CC(=O)N2CCN(c3nccn4nc5c(c34)CCCC5)CC2)cc1OC. The summed E-state index contributed by atoms with van der Waals surface area (Å²) in [5.41, 5.74) is 4.59. The topological polar surface area (TPSA) is 72.2 Å². The van der Waals surface area contributed by atoms with Crippen molar-refractivity contribution in [1.29, 1.82) is 0 Å². The fourth-order valence-electron chi connectivity index (χ4n) is 4.75. The van der Waals surface area contributed by atoms with Crippen LogP contribution in [0.25, 0.3) is 11.6 Å². The Labute approximate surface area is 193 Å². The van der Waals surface area contributed by atoms with Crippen LogP contribution in [0.15, 0.2) is 36.7 Å². The Hall–Kier alpha value is -3.55. The second kappa shape index (κ2) is 9.13. The highest BCUT2D eigenvalue weighted by Crippen LogP contribution is 2.31. The van der Waals surface area contributed by atoms with E-state index in [4.69, 9.17) is 19.6 Å². The van der Waals surface area contributed by atoms with Crippen molar-refractivity contribution in [2.75, 3.05) is 45.3 Å². The normalized spacial score (nSPS) is 16.3. The molecule has 1 fully saturated rings. The Bertz CT molecular complexity index is 1190. The molecule has 33 heavy (non-hydrogen) atoms. The van der Waals surface area contributed by atoms with Crippen molar-refractivity contribution in [3.63, 3.8) is 0 Å². The molecular weight excluding hydrogens is 418 g/mol. The summed E-state index contributed by atoms with van der Waals surface area (Å²) in [6.07, 6.45) is 11.7. The molecule has 3 heterocycles. The Morgan fingerprint density at radius 1 is 1.03 bits per heavy atom. The summed E-state index contributed by atoms with van der Waals surface area (Å²) < 4.78 is 12.6. The van der Waals surface area contributed by atoms with E-state index < -0.39 is 0 Å². The number of nitrogens with zero attached hydrogens (tertiary/aromatic N) is 5. The van der Waals surface area contributed by atoms with Gasteiger partial charge < -0.3 is 19.3 Å². The molecule has 0 spiro atoms. The molecule has 172 valence electrons. The van der Waals surface area contributed by atoms with E-state index in [0.717, 1.165) is 42.8 Å². The van der Waals surface area contributed by atoms with E-state index in [9.17, 15) is 4.79 Å². The number of ether oxygens (including phenoxy) is 2.